The molecule has 1 saturated heterocycles. The van der Waals surface area contributed by atoms with Crippen molar-refractivity contribution in [3.8, 4) is 11.5 Å². The maximum absolute atomic E-state index is 8.90. The summed E-state index contributed by atoms with van der Waals surface area (Å²) in [6, 6.07) is 5.88. The van der Waals surface area contributed by atoms with Crippen molar-refractivity contribution < 1.29 is 19.3 Å². The summed E-state index contributed by atoms with van der Waals surface area (Å²) in [5.41, 5.74) is 1.07. The van der Waals surface area contributed by atoms with E-state index in [0.29, 0.717) is 6.61 Å². The smallest absolute Gasteiger partial charge is 0.163 e. The summed E-state index contributed by atoms with van der Waals surface area (Å²) in [5.74, 6) is 1.54. The van der Waals surface area contributed by atoms with Crippen LogP contribution in [0.25, 0.3) is 0 Å². The number of aliphatic hydroxyl groups is 1. The van der Waals surface area contributed by atoms with E-state index < -0.39 is 0 Å². The van der Waals surface area contributed by atoms with Crippen molar-refractivity contribution in [1.82, 2.24) is 0 Å². The zero-order valence-electron chi connectivity index (χ0n) is 10.7. The summed E-state index contributed by atoms with van der Waals surface area (Å²) < 4.78 is 16.6. The third kappa shape index (κ3) is 3.15. The van der Waals surface area contributed by atoms with Crippen molar-refractivity contribution in [3.05, 3.63) is 23.8 Å². The maximum atomic E-state index is 8.90. The van der Waals surface area contributed by atoms with Crippen LogP contribution in [0.15, 0.2) is 18.2 Å². The first kappa shape index (κ1) is 13.2. The Morgan fingerprint density at radius 2 is 2.33 bits per heavy atom. The summed E-state index contributed by atoms with van der Waals surface area (Å²) in [6.45, 7) is 1.59. The standard InChI is InChI=1S/C14H20O4/c1-16-14-11(5-3-8-15)4-2-6-13(14)18-12-7-9-17-10-12/h2,4,6,12,15H,3,5,7-10H2,1H3. The van der Waals surface area contributed by atoms with Gasteiger partial charge < -0.3 is 19.3 Å². The molecule has 1 aromatic rings. The average molecular weight is 252 g/mol. The Balaban J connectivity index is 2.12. The van der Waals surface area contributed by atoms with Gasteiger partial charge in [-0.25, -0.2) is 0 Å². The lowest BCUT2D eigenvalue weighted by Crippen LogP contribution is -2.16. The fourth-order valence-corrected chi connectivity index (χ4v) is 2.14. The van der Waals surface area contributed by atoms with Crippen LogP contribution in [0.3, 0.4) is 0 Å². The minimum absolute atomic E-state index is 0.118. The van der Waals surface area contributed by atoms with Crippen LogP contribution in [0.2, 0.25) is 0 Å². The Morgan fingerprint density at radius 3 is 3.00 bits per heavy atom. The van der Waals surface area contributed by atoms with Crippen LogP contribution in [0.5, 0.6) is 11.5 Å². The second kappa shape index (κ2) is 6.61. The number of rotatable bonds is 6. The molecule has 1 aliphatic rings. The van der Waals surface area contributed by atoms with Crippen molar-refractivity contribution in [1.29, 1.82) is 0 Å². The van der Waals surface area contributed by atoms with Crippen molar-refractivity contribution in [2.24, 2.45) is 0 Å². The number of benzene rings is 1. The van der Waals surface area contributed by atoms with Gasteiger partial charge in [-0.3, -0.25) is 0 Å². The zero-order chi connectivity index (χ0) is 12.8. The molecular weight excluding hydrogens is 232 g/mol. The van der Waals surface area contributed by atoms with Gasteiger partial charge in [0.05, 0.1) is 20.3 Å². The molecule has 0 spiro atoms. The Hall–Kier alpha value is -1.26. The fourth-order valence-electron chi connectivity index (χ4n) is 2.14. The number of aryl methyl sites for hydroxylation is 1. The number of para-hydroxylation sites is 1. The Bertz CT molecular complexity index is 372. The predicted octanol–water partition coefficient (Wildman–Crippen LogP) is 1.79. The van der Waals surface area contributed by atoms with E-state index in [4.69, 9.17) is 19.3 Å². The molecule has 1 atom stereocenters. The second-order valence-electron chi connectivity index (χ2n) is 4.38. The SMILES string of the molecule is COc1c(CCCO)cccc1OC1CCOC1. The monoisotopic (exact) mass is 252 g/mol. The molecule has 1 heterocycles. The van der Waals surface area contributed by atoms with E-state index in [0.717, 1.165) is 42.9 Å². The fraction of sp³-hybridized carbons (Fsp3) is 0.571. The van der Waals surface area contributed by atoms with Gasteiger partial charge >= 0.3 is 0 Å². The normalized spacial score (nSPS) is 18.9. The second-order valence-corrected chi connectivity index (χ2v) is 4.38. The maximum Gasteiger partial charge on any atom is 0.163 e. The minimum atomic E-state index is 0.118. The number of aliphatic hydroxyl groups excluding tert-OH is 1. The molecule has 1 aromatic carbocycles. The quantitative estimate of drug-likeness (QED) is 0.838. The molecule has 2 rings (SSSR count). The molecule has 0 saturated carbocycles. The molecule has 1 N–H and O–H groups in total. The van der Waals surface area contributed by atoms with Crippen molar-refractivity contribution in [2.45, 2.75) is 25.4 Å². The van der Waals surface area contributed by atoms with Gasteiger partial charge in [-0.15, -0.1) is 0 Å². The molecule has 1 unspecified atom stereocenters. The molecule has 1 aliphatic heterocycles. The van der Waals surface area contributed by atoms with Crippen molar-refractivity contribution in [2.75, 3.05) is 26.9 Å². The number of methoxy groups -OCH3 is 1. The van der Waals surface area contributed by atoms with Gasteiger partial charge in [-0.05, 0) is 24.5 Å². The van der Waals surface area contributed by atoms with E-state index in [1.807, 2.05) is 18.2 Å². The molecule has 4 heteroatoms. The molecule has 0 amide bonds. The highest BCUT2D eigenvalue weighted by molar-refractivity contribution is 5.46. The Kier molecular flexibility index (Phi) is 4.84. The lowest BCUT2D eigenvalue weighted by Gasteiger charge is -2.17. The topological polar surface area (TPSA) is 47.9 Å². The first-order valence-corrected chi connectivity index (χ1v) is 6.36. The first-order chi connectivity index (χ1) is 8.85. The number of hydrogen-bond donors (Lipinski definition) is 1. The van der Waals surface area contributed by atoms with E-state index in [1.165, 1.54) is 0 Å². The van der Waals surface area contributed by atoms with Crippen molar-refractivity contribution in [3.63, 3.8) is 0 Å². The molecule has 0 aromatic heterocycles. The van der Waals surface area contributed by atoms with Gasteiger partial charge in [0.2, 0.25) is 0 Å². The van der Waals surface area contributed by atoms with E-state index in [-0.39, 0.29) is 12.7 Å². The summed E-state index contributed by atoms with van der Waals surface area (Å²) in [7, 11) is 1.65. The highest BCUT2D eigenvalue weighted by atomic mass is 16.6. The zero-order valence-corrected chi connectivity index (χ0v) is 10.7. The molecule has 0 aliphatic carbocycles. The number of hydrogen-bond acceptors (Lipinski definition) is 4. The van der Waals surface area contributed by atoms with E-state index in [1.54, 1.807) is 7.11 Å². The summed E-state index contributed by atoms with van der Waals surface area (Å²) in [6.07, 6.45) is 2.56. The van der Waals surface area contributed by atoms with Crippen LogP contribution < -0.4 is 9.47 Å². The highest BCUT2D eigenvalue weighted by Gasteiger charge is 2.19. The molecule has 4 nitrogen and oxygen atoms in total. The van der Waals surface area contributed by atoms with Gasteiger partial charge in [0.15, 0.2) is 11.5 Å². The van der Waals surface area contributed by atoms with Gasteiger partial charge in [-0.1, -0.05) is 12.1 Å². The van der Waals surface area contributed by atoms with Gasteiger partial charge in [0.25, 0.3) is 0 Å². The molecule has 0 bridgehead atoms. The van der Waals surface area contributed by atoms with Crippen LogP contribution in [0.4, 0.5) is 0 Å². The largest absolute Gasteiger partial charge is 0.493 e. The lowest BCUT2D eigenvalue weighted by molar-refractivity contribution is 0.138. The summed E-state index contributed by atoms with van der Waals surface area (Å²) in [4.78, 5) is 0. The number of ether oxygens (including phenoxy) is 3. The van der Waals surface area contributed by atoms with Crippen LogP contribution in [0.1, 0.15) is 18.4 Å². The third-order valence-corrected chi connectivity index (χ3v) is 3.05. The van der Waals surface area contributed by atoms with Crippen LogP contribution in [-0.2, 0) is 11.2 Å². The van der Waals surface area contributed by atoms with Gasteiger partial charge in [0, 0.05) is 13.0 Å². The molecule has 18 heavy (non-hydrogen) atoms. The third-order valence-electron chi connectivity index (χ3n) is 3.05. The molecule has 0 radical (unpaired) electrons. The predicted molar refractivity (Wildman–Crippen MR) is 68.3 cm³/mol. The Labute approximate surface area is 107 Å². The van der Waals surface area contributed by atoms with Crippen LogP contribution in [0, 0.1) is 0 Å². The van der Waals surface area contributed by atoms with Crippen molar-refractivity contribution >= 4 is 0 Å². The molecule has 1 fully saturated rings. The van der Waals surface area contributed by atoms with Crippen LogP contribution in [-0.4, -0.2) is 38.1 Å². The van der Waals surface area contributed by atoms with E-state index in [9.17, 15) is 0 Å². The van der Waals surface area contributed by atoms with Gasteiger partial charge in [-0.2, -0.15) is 0 Å². The summed E-state index contributed by atoms with van der Waals surface area (Å²) >= 11 is 0. The molecule has 100 valence electrons. The van der Waals surface area contributed by atoms with E-state index >= 15 is 0 Å². The molecular formula is C14H20O4. The Morgan fingerprint density at radius 1 is 1.44 bits per heavy atom. The highest BCUT2D eigenvalue weighted by Crippen LogP contribution is 2.33. The average Bonchev–Trinajstić information content (AvgIpc) is 2.89. The van der Waals surface area contributed by atoms with E-state index in [2.05, 4.69) is 0 Å². The lowest BCUT2D eigenvalue weighted by atomic mass is 10.1. The first-order valence-electron chi connectivity index (χ1n) is 6.36. The van der Waals surface area contributed by atoms with Gasteiger partial charge in [0.1, 0.15) is 6.10 Å². The minimum Gasteiger partial charge on any atom is -0.493 e. The summed E-state index contributed by atoms with van der Waals surface area (Å²) in [5, 5.41) is 8.90. The van der Waals surface area contributed by atoms with Crippen LogP contribution >= 0.6 is 0 Å².